The van der Waals surface area contributed by atoms with Crippen LogP contribution in [0.3, 0.4) is 0 Å². The van der Waals surface area contributed by atoms with E-state index in [1.165, 1.54) is 0 Å². The van der Waals surface area contributed by atoms with Crippen LogP contribution in [0.25, 0.3) is 5.76 Å². The molecule has 2 aromatic carbocycles. The number of likely N-dealkylation sites (N-methyl/N-ethyl adjacent to an activating group) is 1. The number of hydrogen-bond acceptors (Lipinski definition) is 6. The first-order valence-electron chi connectivity index (χ1n) is 12.2. The van der Waals surface area contributed by atoms with E-state index in [4.69, 9.17) is 9.47 Å². The Bertz CT molecular complexity index is 1140. The first-order chi connectivity index (χ1) is 16.7. The van der Waals surface area contributed by atoms with Gasteiger partial charge in [0.25, 0.3) is 11.7 Å². The number of carbonyl (C=O) groups is 2. The molecule has 2 aliphatic heterocycles. The van der Waals surface area contributed by atoms with E-state index in [1.54, 1.807) is 23.1 Å². The number of aliphatic hydroxyl groups excluding tert-OH is 1. The Kier molecular flexibility index (Phi) is 6.90. The summed E-state index contributed by atoms with van der Waals surface area (Å²) in [6, 6.07) is 12.3. The van der Waals surface area contributed by atoms with Crippen molar-refractivity contribution < 1.29 is 24.2 Å². The van der Waals surface area contributed by atoms with Crippen LogP contribution in [-0.2, 0) is 15.0 Å². The van der Waals surface area contributed by atoms with Crippen LogP contribution in [0.5, 0.6) is 11.5 Å². The number of nitrogens with zero attached hydrogens (tertiary/aromatic N) is 2. The van der Waals surface area contributed by atoms with Crippen molar-refractivity contribution in [3.8, 4) is 11.5 Å². The maximum Gasteiger partial charge on any atom is 0.295 e. The third-order valence-electron chi connectivity index (χ3n) is 6.83. The molecular formula is C28H34N2O5. The molecule has 1 fully saturated rings. The maximum absolute atomic E-state index is 13.3. The third kappa shape index (κ3) is 4.78. The van der Waals surface area contributed by atoms with Gasteiger partial charge in [0, 0.05) is 18.7 Å². The van der Waals surface area contributed by atoms with Gasteiger partial charge in [-0.1, -0.05) is 58.9 Å². The van der Waals surface area contributed by atoms with Gasteiger partial charge in [0.05, 0.1) is 11.6 Å². The van der Waals surface area contributed by atoms with Gasteiger partial charge in [-0.3, -0.25) is 9.59 Å². The van der Waals surface area contributed by atoms with Crippen molar-refractivity contribution in [2.45, 2.75) is 46.1 Å². The molecule has 1 N–H and O–H groups in total. The minimum absolute atomic E-state index is 0.0322. The molecule has 186 valence electrons. The van der Waals surface area contributed by atoms with Crippen LogP contribution in [-0.4, -0.2) is 59.6 Å². The average molecular weight is 479 g/mol. The molecule has 4 rings (SSSR count). The Morgan fingerprint density at radius 1 is 1.03 bits per heavy atom. The summed E-state index contributed by atoms with van der Waals surface area (Å²) in [5, 5.41) is 11.3. The van der Waals surface area contributed by atoms with Crippen molar-refractivity contribution in [3.05, 3.63) is 64.7 Å². The number of aliphatic hydroxyl groups is 1. The van der Waals surface area contributed by atoms with Gasteiger partial charge >= 0.3 is 0 Å². The second-order valence-corrected chi connectivity index (χ2v) is 9.96. The molecule has 1 amide bonds. The fraction of sp³-hybridized carbons (Fsp3) is 0.429. The van der Waals surface area contributed by atoms with Gasteiger partial charge in [-0.15, -0.1) is 0 Å². The highest BCUT2D eigenvalue weighted by molar-refractivity contribution is 6.46. The summed E-state index contributed by atoms with van der Waals surface area (Å²) in [4.78, 5) is 30.3. The lowest BCUT2D eigenvalue weighted by molar-refractivity contribution is -0.140. The third-order valence-corrected chi connectivity index (χ3v) is 6.83. The van der Waals surface area contributed by atoms with Crippen LogP contribution in [0.15, 0.2) is 48.0 Å². The second kappa shape index (κ2) is 9.74. The molecule has 0 aliphatic carbocycles. The van der Waals surface area contributed by atoms with Gasteiger partial charge in [0.2, 0.25) is 6.79 Å². The fourth-order valence-electron chi connectivity index (χ4n) is 4.61. The normalized spacial score (nSPS) is 19.1. The number of carbonyl (C=O) groups excluding carboxylic acids is 2. The highest BCUT2D eigenvalue weighted by atomic mass is 16.7. The number of Topliss-reactive ketones (excluding diaryl/α,β-unsaturated/α-hetero) is 1. The minimum atomic E-state index is -0.676. The number of rotatable bonds is 7. The number of hydrogen-bond donors (Lipinski definition) is 1. The lowest BCUT2D eigenvalue weighted by Crippen LogP contribution is -2.38. The summed E-state index contributed by atoms with van der Waals surface area (Å²) < 4.78 is 10.8. The molecule has 1 unspecified atom stereocenters. The fourth-order valence-corrected chi connectivity index (χ4v) is 4.61. The molecule has 7 nitrogen and oxygen atoms in total. The second-order valence-electron chi connectivity index (χ2n) is 9.96. The molecule has 1 saturated heterocycles. The van der Waals surface area contributed by atoms with Crippen molar-refractivity contribution in [2.75, 3.05) is 33.0 Å². The molecule has 2 aliphatic rings. The lowest BCUT2D eigenvalue weighted by atomic mass is 9.85. The van der Waals surface area contributed by atoms with Gasteiger partial charge in [-0.25, -0.2) is 0 Å². The van der Waals surface area contributed by atoms with Gasteiger partial charge in [0.15, 0.2) is 11.5 Å². The molecule has 0 aromatic heterocycles. The van der Waals surface area contributed by atoms with Crippen LogP contribution in [0.1, 0.15) is 57.4 Å². The topological polar surface area (TPSA) is 79.3 Å². The Hall–Kier alpha value is -3.32. The summed E-state index contributed by atoms with van der Waals surface area (Å²) in [6.07, 6.45) is 0. The number of ketones is 1. The van der Waals surface area contributed by atoms with Crippen molar-refractivity contribution >= 4 is 17.4 Å². The van der Waals surface area contributed by atoms with E-state index in [9.17, 15) is 14.7 Å². The van der Waals surface area contributed by atoms with Gasteiger partial charge in [0.1, 0.15) is 5.76 Å². The standard InChI is InChI=1S/C28H34N2O5/c1-6-29(7-2)14-15-30-24(18-8-11-20(12-9-18)28(3,4)5)23(26(32)27(30)33)25(31)19-10-13-21-22(16-19)35-17-34-21/h8-13,16,24,31H,6-7,14-15,17H2,1-5H3. The first-order valence-corrected chi connectivity index (χ1v) is 12.2. The van der Waals surface area contributed by atoms with Gasteiger partial charge in [-0.05, 0) is 47.8 Å². The molecule has 1 atom stereocenters. The zero-order valence-corrected chi connectivity index (χ0v) is 21.1. The number of fused-ring (bicyclic) bond motifs is 1. The van der Waals surface area contributed by atoms with E-state index in [1.807, 2.05) is 24.3 Å². The number of benzene rings is 2. The van der Waals surface area contributed by atoms with Crippen molar-refractivity contribution in [1.82, 2.24) is 9.80 Å². The smallest absolute Gasteiger partial charge is 0.295 e. The minimum Gasteiger partial charge on any atom is -0.507 e. The zero-order valence-electron chi connectivity index (χ0n) is 21.1. The quantitative estimate of drug-likeness (QED) is 0.359. The molecule has 0 saturated carbocycles. The van der Waals surface area contributed by atoms with Crippen LogP contribution < -0.4 is 9.47 Å². The van der Waals surface area contributed by atoms with Crippen LogP contribution >= 0.6 is 0 Å². The van der Waals surface area contributed by atoms with Gasteiger partial charge < -0.3 is 24.4 Å². The predicted octanol–water partition coefficient (Wildman–Crippen LogP) is 4.48. The molecule has 2 aromatic rings. The van der Waals surface area contributed by atoms with E-state index >= 15 is 0 Å². The largest absolute Gasteiger partial charge is 0.507 e. The van der Waals surface area contributed by atoms with Crippen molar-refractivity contribution in [1.29, 1.82) is 0 Å². The summed E-state index contributed by atoms with van der Waals surface area (Å²) in [7, 11) is 0. The Morgan fingerprint density at radius 2 is 1.69 bits per heavy atom. The molecule has 2 heterocycles. The van der Waals surface area contributed by atoms with E-state index < -0.39 is 17.7 Å². The summed E-state index contributed by atoms with van der Waals surface area (Å²) in [5.41, 5.74) is 2.41. The predicted molar refractivity (Wildman–Crippen MR) is 135 cm³/mol. The number of ether oxygens (including phenoxy) is 2. The van der Waals surface area contributed by atoms with E-state index in [2.05, 4.69) is 39.5 Å². The van der Waals surface area contributed by atoms with E-state index in [-0.39, 0.29) is 23.5 Å². The van der Waals surface area contributed by atoms with Crippen LogP contribution in [0.2, 0.25) is 0 Å². The van der Waals surface area contributed by atoms with Gasteiger partial charge in [-0.2, -0.15) is 0 Å². The molecule has 0 spiro atoms. The highest BCUT2D eigenvalue weighted by Gasteiger charge is 2.46. The van der Waals surface area contributed by atoms with Crippen molar-refractivity contribution in [2.24, 2.45) is 0 Å². The molecular weight excluding hydrogens is 444 g/mol. The Labute approximate surface area is 206 Å². The monoisotopic (exact) mass is 478 g/mol. The van der Waals surface area contributed by atoms with Crippen molar-refractivity contribution in [3.63, 3.8) is 0 Å². The maximum atomic E-state index is 13.3. The lowest BCUT2D eigenvalue weighted by Gasteiger charge is -2.28. The summed E-state index contributed by atoms with van der Waals surface area (Å²) >= 11 is 0. The molecule has 0 bridgehead atoms. The summed E-state index contributed by atoms with van der Waals surface area (Å²) in [6.45, 7) is 13.4. The average Bonchev–Trinajstić information content (AvgIpc) is 3.41. The highest BCUT2D eigenvalue weighted by Crippen LogP contribution is 2.41. The van der Waals surface area contributed by atoms with Crippen LogP contribution in [0.4, 0.5) is 0 Å². The molecule has 0 radical (unpaired) electrons. The number of amides is 1. The van der Waals surface area contributed by atoms with Crippen LogP contribution in [0, 0.1) is 0 Å². The first kappa shape index (κ1) is 24.8. The van der Waals surface area contributed by atoms with E-state index in [0.29, 0.717) is 30.2 Å². The summed E-state index contributed by atoms with van der Waals surface area (Å²) in [5.74, 6) is -0.405. The zero-order chi connectivity index (χ0) is 25.3. The SMILES string of the molecule is CCN(CC)CCN1C(=O)C(=O)C(=C(O)c2ccc3c(c2)OCO3)C1c1ccc(C(C)(C)C)cc1. The van der Waals surface area contributed by atoms with E-state index in [0.717, 1.165) is 24.2 Å². The molecule has 35 heavy (non-hydrogen) atoms. The number of likely N-dealkylation sites (tertiary alicyclic amines) is 1. The molecule has 7 heteroatoms. The Balaban J connectivity index is 1.79. The Morgan fingerprint density at radius 3 is 2.31 bits per heavy atom.